The van der Waals surface area contributed by atoms with E-state index in [0.717, 1.165) is 22.3 Å². The third-order valence-corrected chi connectivity index (χ3v) is 4.81. The van der Waals surface area contributed by atoms with Gasteiger partial charge in [0.15, 0.2) is 0 Å². The molecule has 1 amide bonds. The van der Waals surface area contributed by atoms with Gasteiger partial charge in [0.25, 0.3) is 5.91 Å². The first kappa shape index (κ1) is 22.2. The fourth-order valence-corrected chi connectivity index (χ4v) is 3.52. The molecule has 1 N–H and O–H groups in total. The summed E-state index contributed by atoms with van der Waals surface area (Å²) in [5.41, 5.74) is 5.05. The van der Waals surface area contributed by atoms with Gasteiger partial charge in [-0.05, 0) is 38.0 Å². The minimum absolute atomic E-state index is 0.234. The van der Waals surface area contributed by atoms with Gasteiger partial charge < -0.3 is 10.1 Å². The molecule has 4 nitrogen and oxygen atoms in total. The summed E-state index contributed by atoms with van der Waals surface area (Å²) >= 11 is 0. The van der Waals surface area contributed by atoms with Crippen molar-refractivity contribution < 1.29 is 9.53 Å². The van der Waals surface area contributed by atoms with Crippen LogP contribution in [0, 0.1) is 30.6 Å². The van der Waals surface area contributed by atoms with Crippen molar-refractivity contribution in [2.24, 2.45) is 5.41 Å². The highest BCUT2D eigenvalue weighted by atomic mass is 16.5. The number of ether oxygens (including phenoxy) is 1. The van der Waals surface area contributed by atoms with Crippen LogP contribution >= 0.6 is 0 Å². The minimum atomic E-state index is -0.427. The van der Waals surface area contributed by atoms with Gasteiger partial charge in [-0.2, -0.15) is 5.26 Å². The molecular formula is C25H30N2O2. The third-order valence-electron chi connectivity index (χ3n) is 4.81. The van der Waals surface area contributed by atoms with Crippen molar-refractivity contribution in [2.75, 3.05) is 7.11 Å². The molecule has 2 rings (SSSR count). The van der Waals surface area contributed by atoms with Gasteiger partial charge in [0, 0.05) is 22.2 Å². The topological polar surface area (TPSA) is 62.1 Å². The van der Waals surface area contributed by atoms with Gasteiger partial charge in [-0.3, -0.25) is 4.79 Å². The Balaban J connectivity index is 2.61. The number of nitrogens with one attached hydrogen (secondary N) is 1. The molecule has 0 saturated heterocycles. The summed E-state index contributed by atoms with van der Waals surface area (Å²) in [5, 5.41) is 13.0. The largest absolute Gasteiger partial charge is 0.496 e. The summed E-state index contributed by atoms with van der Waals surface area (Å²) in [7, 11) is 1.60. The molecule has 0 fully saturated rings. The van der Waals surface area contributed by atoms with Crippen molar-refractivity contribution in [2.45, 2.75) is 48.0 Å². The molecular weight excluding hydrogens is 360 g/mol. The standard InChI is InChI=1S/C25H30N2O2/c1-8-19-20(10-9-11-22(19)29-7)24(28)27-23(25(4,5)6)21(15-26)18-13-16(2)12-17(3)14-18/h9-14H,8H2,1-7H3,(H,27,28)/b23-21-. The number of hydrogen-bond acceptors (Lipinski definition) is 3. The van der Waals surface area contributed by atoms with E-state index in [1.807, 2.05) is 65.8 Å². The molecule has 0 saturated carbocycles. The van der Waals surface area contributed by atoms with Crippen LogP contribution in [0.4, 0.5) is 0 Å². The van der Waals surface area contributed by atoms with E-state index in [2.05, 4.69) is 17.5 Å². The van der Waals surface area contributed by atoms with Gasteiger partial charge in [0.2, 0.25) is 0 Å². The molecule has 0 heterocycles. The number of carbonyl (C=O) groups excluding carboxylic acids is 1. The molecule has 0 aliphatic carbocycles. The van der Waals surface area contributed by atoms with Crippen molar-refractivity contribution in [3.05, 3.63) is 69.9 Å². The monoisotopic (exact) mass is 390 g/mol. The Morgan fingerprint density at radius 2 is 1.76 bits per heavy atom. The van der Waals surface area contributed by atoms with Crippen LogP contribution in [0.25, 0.3) is 5.57 Å². The van der Waals surface area contributed by atoms with Crippen LogP contribution in [0.1, 0.15) is 60.3 Å². The number of allylic oxidation sites excluding steroid dienone is 2. The van der Waals surface area contributed by atoms with Crippen LogP contribution in [-0.4, -0.2) is 13.0 Å². The molecule has 0 aliphatic heterocycles. The van der Waals surface area contributed by atoms with Gasteiger partial charge >= 0.3 is 0 Å². The highest BCUT2D eigenvalue weighted by Gasteiger charge is 2.26. The Morgan fingerprint density at radius 1 is 1.14 bits per heavy atom. The summed E-state index contributed by atoms with van der Waals surface area (Å²) in [6, 6.07) is 13.8. The Morgan fingerprint density at radius 3 is 2.24 bits per heavy atom. The van der Waals surface area contributed by atoms with Crippen LogP contribution in [0.3, 0.4) is 0 Å². The second-order valence-corrected chi connectivity index (χ2v) is 8.28. The Labute approximate surface area is 174 Å². The minimum Gasteiger partial charge on any atom is -0.496 e. The number of aryl methyl sites for hydroxylation is 2. The molecule has 0 spiro atoms. The summed E-state index contributed by atoms with van der Waals surface area (Å²) in [4.78, 5) is 13.2. The van der Waals surface area contributed by atoms with E-state index < -0.39 is 5.41 Å². The van der Waals surface area contributed by atoms with Crippen LogP contribution in [-0.2, 0) is 6.42 Å². The van der Waals surface area contributed by atoms with Crippen molar-refractivity contribution in [3.63, 3.8) is 0 Å². The van der Waals surface area contributed by atoms with Crippen molar-refractivity contribution in [1.82, 2.24) is 5.32 Å². The predicted molar refractivity (Wildman–Crippen MR) is 118 cm³/mol. The number of nitriles is 1. The van der Waals surface area contributed by atoms with E-state index in [4.69, 9.17) is 4.74 Å². The molecule has 0 atom stereocenters. The summed E-state index contributed by atoms with van der Waals surface area (Å²) < 4.78 is 5.42. The quantitative estimate of drug-likeness (QED) is 0.677. The Kier molecular flexibility index (Phi) is 6.87. The van der Waals surface area contributed by atoms with E-state index >= 15 is 0 Å². The second-order valence-electron chi connectivity index (χ2n) is 8.28. The van der Waals surface area contributed by atoms with E-state index in [0.29, 0.717) is 29.0 Å². The first-order valence-corrected chi connectivity index (χ1v) is 9.83. The van der Waals surface area contributed by atoms with Gasteiger partial charge in [-0.1, -0.05) is 63.1 Å². The molecule has 0 aliphatic rings. The fourth-order valence-electron chi connectivity index (χ4n) is 3.52. The smallest absolute Gasteiger partial charge is 0.255 e. The summed E-state index contributed by atoms with van der Waals surface area (Å²) in [6.45, 7) is 12.0. The van der Waals surface area contributed by atoms with E-state index in [1.54, 1.807) is 13.2 Å². The number of benzene rings is 2. The predicted octanol–water partition coefficient (Wildman–Crippen LogP) is 5.59. The average molecular weight is 391 g/mol. The lowest BCUT2D eigenvalue weighted by Gasteiger charge is -2.26. The van der Waals surface area contributed by atoms with Crippen molar-refractivity contribution in [1.29, 1.82) is 5.26 Å². The van der Waals surface area contributed by atoms with E-state index in [-0.39, 0.29) is 5.91 Å². The number of carbonyl (C=O) groups is 1. The van der Waals surface area contributed by atoms with Crippen LogP contribution < -0.4 is 10.1 Å². The molecule has 4 heteroatoms. The molecule has 29 heavy (non-hydrogen) atoms. The second kappa shape index (κ2) is 8.96. The molecule has 0 radical (unpaired) electrons. The van der Waals surface area contributed by atoms with Gasteiger partial charge in [-0.25, -0.2) is 0 Å². The molecule has 2 aromatic rings. The van der Waals surface area contributed by atoms with E-state index in [1.165, 1.54) is 0 Å². The zero-order valence-corrected chi connectivity index (χ0v) is 18.4. The van der Waals surface area contributed by atoms with Gasteiger partial charge in [-0.15, -0.1) is 0 Å². The lowest BCUT2D eigenvalue weighted by molar-refractivity contribution is 0.0956. The first-order chi connectivity index (χ1) is 13.6. The number of rotatable bonds is 5. The number of hydrogen-bond donors (Lipinski definition) is 1. The number of amides is 1. The average Bonchev–Trinajstić information content (AvgIpc) is 2.65. The molecule has 152 valence electrons. The van der Waals surface area contributed by atoms with Crippen LogP contribution in [0.5, 0.6) is 5.75 Å². The summed E-state index contributed by atoms with van der Waals surface area (Å²) in [6.07, 6.45) is 0.670. The van der Waals surface area contributed by atoms with Crippen molar-refractivity contribution >= 4 is 11.5 Å². The molecule has 2 aromatic carbocycles. The highest BCUT2D eigenvalue weighted by molar-refractivity contribution is 5.99. The first-order valence-electron chi connectivity index (χ1n) is 9.83. The number of methoxy groups -OCH3 is 1. The Bertz CT molecular complexity index is 969. The van der Waals surface area contributed by atoms with Gasteiger partial charge in [0.05, 0.1) is 12.7 Å². The number of nitrogens with zero attached hydrogens (tertiary/aromatic N) is 1. The maximum atomic E-state index is 13.2. The SMILES string of the molecule is CCc1c(OC)cccc1C(=O)N/C(=C(/C#N)c1cc(C)cc(C)c1)C(C)(C)C. The molecule has 0 unspecified atom stereocenters. The lowest BCUT2D eigenvalue weighted by atomic mass is 9.85. The molecule has 0 bridgehead atoms. The highest BCUT2D eigenvalue weighted by Crippen LogP contribution is 2.32. The normalized spacial score (nSPS) is 12.1. The maximum absolute atomic E-state index is 13.2. The van der Waals surface area contributed by atoms with E-state index in [9.17, 15) is 10.1 Å². The third kappa shape index (κ3) is 5.06. The van der Waals surface area contributed by atoms with Crippen LogP contribution in [0.15, 0.2) is 42.1 Å². The zero-order chi connectivity index (χ0) is 21.8. The summed E-state index contributed by atoms with van der Waals surface area (Å²) in [5.74, 6) is 0.457. The van der Waals surface area contributed by atoms with Crippen LogP contribution in [0.2, 0.25) is 0 Å². The maximum Gasteiger partial charge on any atom is 0.255 e. The fraction of sp³-hybridized carbons (Fsp3) is 0.360. The van der Waals surface area contributed by atoms with Gasteiger partial charge in [0.1, 0.15) is 11.8 Å². The lowest BCUT2D eigenvalue weighted by Crippen LogP contribution is -2.32. The molecule has 0 aromatic heterocycles. The van der Waals surface area contributed by atoms with Crippen molar-refractivity contribution in [3.8, 4) is 11.8 Å². The Hall–Kier alpha value is -3.06. The zero-order valence-electron chi connectivity index (χ0n) is 18.4.